The fourth-order valence-corrected chi connectivity index (χ4v) is 2.26. The van der Waals surface area contributed by atoms with Crippen LogP contribution in [0.5, 0.6) is 0 Å². The van der Waals surface area contributed by atoms with Gasteiger partial charge in [0, 0.05) is 6.61 Å². The van der Waals surface area contributed by atoms with Gasteiger partial charge in [0.05, 0.1) is 24.8 Å². The second-order valence-corrected chi connectivity index (χ2v) is 4.48. The van der Waals surface area contributed by atoms with Crippen LogP contribution in [0.3, 0.4) is 0 Å². The first kappa shape index (κ1) is 12.1. The van der Waals surface area contributed by atoms with Crippen LogP contribution < -0.4 is 5.73 Å². The second kappa shape index (κ2) is 4.47. The monoisotopic (exact) mass is 235 g/mol. The summed E-state index contributed by atoms with van der Waals surface area (Å²) in [5.41, 5.74) is 8.48. The zero-order chi connectivity index (χ0) is 12.5. The van der Waals surface area contributed by atoms with E-state index in [1.807, 2.05) is 19.1 Å². The van der Waals surface area contributed by atoms with Crippen LogP contribution in [0.25, 0.3) is 0 Å². The van der Waals surface area contributed by atoms with Gasteiger partial charge in [0.25, 0.3) is 0 Å². The number of benzene rings is 1. The zero-order valence-corrected chi connectivity index (χ0v) is 10.2. The average molecular weight is 235 g/mol. The highest BCUT2D eigenvalue weighted by molar-refractivity contribution is 5.89. The van der Waals surface area contributed by atoms with Crippen LogP contribution in [-0.4, -0.2) is 26.3 Å². The van der Waals surface area contributed by atoms with E-state index in [1.165, 1.54) is 7.11 Å². The molecular weight excluding hydrogens is 218 g/mol. The molecule has 1 aromatic carbocycles. The number of hydrogen-bond acceptors (Lipinski definition) is 4. The standard InChI is InChI=1S/C13H17NO3/c1-9-7-10(12(15)16-2)3-4-11(9)13(14)5-6-17-8-13/h3-4,7H,5-6,8,14H2,1-2H3. The molecule has 0 spiro atoms. The van der Waals surface area contributed by atoms with E-state index in [9.17, 15) is 4.79 Å². The number of carbonyl (C=O) groups excluding carboxylic acids is 1. The van der Waals surface area contributed by atoms with Crippen LogP contribution >= 0.6 is 0 Å². The Morgan fingerprint density at radius 1 is 1.53 bits per heavy atom. The maximum Gasteiger partial charge on any atom is 0.337 e. The normalized spacial score (nSPS) is 23.7. The Bertz CT molecular complexity index is 436. The summed E-state index contributed by atoms with van der Waals surface area (Å²) in [6, 6.07) is 5.46. The van der Waals surface area contributed by atoms with Gasteiger partial charge in [-0.25, -0.2) is 4.79 Å². The highest BCUT2D eigenvalue weighted by atomic mass is 16.5. The third-order valence-corrected chi connectivity index (χ3v) is 3.24. The predicted octanol–water partition coefficient (Wildman–Crippen LogP) is 1.36. The van der Waals surface area contributed by atoms with E-state index in [1.54, 1.807) is 6.07 Å². The highest BCUT2D eigenvalue weighted by Crippen LogP contribution is 2.30. The number of rotatable bonds is 2. The molecule has 0 saturated carbocycles. The number of nitrogens with two attached hydrogens (primary N) is 1. The lowest BCUT2D eigenvalue weighted by Gasteiger charge is -2.24. The van der Waals surface area contributed by atoms with Crippen molar-refractivity contribution in [3.8, 4) is 0 Å². The first-order valence-electron chi connectivity index (χ1n) is 5.63. The van der Waals surface area contributed by atoms with Gasteiger partial charge in [-0.2, -0.15) is 0 Å². The first-order valence-corrected chi connectivity index (χ1v) is 5.63. The lowest BCUT2D eigenvalue weighted by Crippen LogP contribution is -2.37. The summed E-state index contributed by atoms with van der Waals surface area (Å²) >= 11 is 0. The molecule has 1 aliphatic rings. The number of methoxy groups -OCH3 is 1. The Labute approximate surface area is 101 Å². The Morgan fingerprint density at radius 3 is 2.82 bits per heavy atom. The smallest absolute Gasteiger partial charge is 0.337 e. The van der Waals surface area contributed by atoms with Crippen molar-refractivity contribution in [1.29, 1.82) is 0 Å². The molecule has 0 bridgehead atoms. The lowest BCUT2D eigenvalue weighted by molar-refractivity contribution is 0.0600. The molecule has 0 aliphatic carbocycles. The van der Waals surface area contributed by atoms with Crippen LogP contribution in [0.2, 0.25) is 0 Å². The number of ether oxygens (including phenoxy) is 2. The van der Waals surface area contributed by atoms with Gasteiger partial charge in [0.15, 0.2) is 0 Å². The highest BCUT2D eigenvalue weighted by Gasteiger charge is 2.33. The summed E-state index contributed by atoms with van der Waals surface area (Å²) in [5, 5.41) is 0. The Hall–Kier alpha value is -1.39. The maximum atomic E-state index is 11.4. The third kappa shape index (κ3) is 2.18. The molecule has 1 heterocycles. The largest absolute Gasteiger partial charge is 0.465 e. The molecule has 0 radical (unpaired) electrons. The molecule has 4 heteroatoms. The van der Waals surface area contributed by atoms with Crippen molar-refractivity contribution < 1.29 is 14.3 Å². The van der Waals surface area contributed by atoms with E-state index in [-0.39, 0.29) is 5.97 Å². The zero-order valence-electron chi connectivity index (χ0n) is 10.2. The SMILES string of the molecule is COC(=O)c1ccc(C2(N)CCOC2)c(C)c1. The van der Waals surface area contributed by atoms with Crippen molar-refractivity contribution >= 4 is 5.97 Å². The number of esters is 1. The van der Waals surface area contributed by atoms with E-state index in [2.05, 4.69) is 4.74 Å². The first-order chi connectivity index (χ1) is 8.07. The molecule has 2 N–H and O–H groups in total. The summed E-state index contributed by atoms with van der Waals surface area (Å²) in [6.07, 6.45) is 0.811. The summed E-state index contributed by atoms with van der Waals surface area (Å²) in [4.78, 5) is 11.4. The van der Waals surface area contributed by atoms with E-state index in [4.69, 9.17) is 10.5 Å². The maximum absolute atomic E-state index is 11.4. The van der Waals surface area contributed by atoms with Crippen LogP contribution in [0.15, 0.2) is 18.2 Å². The van der Waals surface area contributed by atoms with Crippen LogP contribution in [0, 0.1) is 6.92 Å². The molecule has 1 unspecified atom stereocenters. The topological polar surface area (TPSA) is 61.5 Å². The average Bonchev–Trinajstić information content (AvgIpc) is 2.75. The van der Waals surface area contributed by atoms with E-state index >= 15 is 0 Å². The minimum Gasteiger partial charge on any atom is -0.465 e. The van der Waals surface area contributed by atoms with E-state index in [0.717, 1.165) is 17.5 Å². The molecule has 0 aromatic heterocycles. The van der Waals surface area contributed by atoms with Crippen molar-refractivity contribution in [2.75, 3.05) is 20.3 Å². The van der Waals surface area contributed by atoms with Crippen LogP contribution in [-0.2, 0) is 15.0 Å². The van der Waals surface area contributed by atoms with Crippen molar-refractivity contribution in [2.24, 2.45) is 5.73 Å². The second-order valence-electron chi connectivity index (χ2n) is 4.48. The van der Waals surface area contributed by atoms with Gasteiger partial charge in [-0.3, -0.25) is 0 Å². The van der Waals surface area contributed by atoms with Crippen molar-refractivity contribution in [3.63, 3.8) is 0 Å². The molecule has 17 heavy (non-hydrogen) atoms. The molecule has 2 rings (SSSR count). The summed E-state index contributed by atoms with van der Waals surface area (Å²) < 4.78 is 10.0. The van der Waals surface area contributed by atoms with Crippen molar-refractivity contribution in [3.05, 3.63) is 34.9 Å². The molecule has 1 aromatic rings. The van der Waals surface area contributed by atoms with Crippen molar-refractivity contribution in [2.45, 2.75) is 18.9 Å². The lowest BCUT2D eigenvalue weighted by atomic mass is 9.86. The van der Waals surface area contributed by atoms with Crippen molar-refractivity contribution in [1.82, 2.24) is 0 Å². The molecule has 92 valence electrons. The fourth-order valence-electron chi connectivity index (χ4n) is 2.26. The van der Waals surface area contributed by atoms with E-state index < -0.39 is 5.54 Å². The Kier molecular flexibility index (Phi) is 3.17. The summed E-state index contributed by atoms with van der Waals surface area (Å²) in [6.45, 7) is 3.18. The summed E-state index contributed by atoms with van der Waals surface area (Å²) in [5.74, 6) is -0.326. The van der Waals surface area contributed by atoms with Gasteiger partial charge in [-0.1, -0.05) is 6.07 Å². The molecule has 1 atom stereocenters. The van der Waals surface area contributed by atoms with E-state index in [0.29, 0.717) is 18.8 Å². The number of aryl methyl sites for hydroxylation is 1. The molecule has 1 saturated heterocycles. The minimum atomic E-state index is -0.418. The van der Waals surface area contributed by atoms with Crippen LogP contribution in [0.1, 0.15) is 27.9 Å². The van der Waals surface area contributed by atoms with Gasteiger partial charge >= 0.3 is 5.97 Å². The fraction of sp³-hybridized carbons (Fsp3) is 0.462. The quantitative estimate of drug-likeness (QED) is 0.786. The molecular formula is C13H17NO3. The Morgan fingerprint density at radius 2 is 2.29 bits per heavy atom. The minimum absolute atomic E-state index is 0.326. The van der Waals surface area contributed by atoms with Crippen LogP contribution in [0.4, 0.5) is 0 Å². The molecule has 0 amide bonds. The third-order valence-electron chi connectivity index (χ3n) is 3.24. The van der Waals surface area contributed by atoms with Gasteiger partial charge in [-0.15, -0.1) is 0 Å². The number of carbonyl (C=O) groups is 1. The number of hydrogen-bond donors (Lipinski definition) is 1. The van der Waals surface area contributed by atoms with Gasteiger partial charge in [0.1, 0.15) is 0 Å². The molecule has 1 fully saturated rings. The van der Waals surface area contributed by atoms with Gasteiger partial charge in [0.2, 0.25) is 0 Å². The van der Waals surface area contributed by atoms with Gasteiger partial charge < -0.3 is 15.2 Å². The molecule has 1 aliphatic heterocycles. The predicted molar refractivity (Wildman–Crippen MR) is 63.8 cm³/mol. The molecule has 4 nitrogen and oxygen atoms in total. The summed E-state index contributed by atoms with van der Waals surface area (Å²) in [7, 11) is 1.38. The van der Waals surface area contributed by atoms with Gasteiger partial charge in [-0.05, 0) is 36.6 Å². The Balaban J connectivity index is 2.34.